The first-order valence-corrected chi connectivity index (χ1v) is 12.3. The van der Waals surface area contributed by atoms with Crippen molar-refractivity contribution in [3.8, 4) is 5.69 Å². The molecule has 0 bridgehead atoms. The summed E-state index contributed by atoms with van der Waals surface area (Å²) in [7, 11) is -3.75. The minimum Gasteiger partial charge on any atom is -0.309 e. The number of sulfonamides is 1. The first kappa shape index (κ1) is 24.0. The van der Waals surface area contributed by atoms with Crippen molar-refractivity contribution < 1.29 is 22.0 Å². The number of hydrogen-bond donors (Lipinski definition) is 2. The number of hydrogen-bond acceptors (Lipinski definition) is 5. The third-order valence-electron chi connectivity index (χ3n) is 5.58. The number of benzene rings is 2. The fraction of sp³-hybridized carbons (Fsp3) is 0.304. The Morgan fingerprint density at radius 2 is 1.76 bits per heavy atom. The van der Waals surface area contributed by atoms with Gasteiger partial charge in [-0.15, -0.1) is 0 Å². The van der Waals surface area contributed by atoms with Gasteiger partial charge in [-0.1, -0.05) is 12.1 Å². The molecule has 0 unspecified atom stereocenters. The Balaban J connectivity index is 1.32. The smallest absolute Gasteiger partial charge is 0.240 e. The molecule has 1 saturated heterocycles. The standard InChI is InChI=1S/C23H25F2N5O3S/c1-16-14-22(30(27-16)21-5-3-2-4-20(21)25)26-23(31)15-29-12-10-18(11-13-29)28-34(32,33)19-8-6-17(24)7-9-19/h2-9,14,18,28H,10-13,15H2,1H3,(H,26,31). The number of likely N-dealkylation sites (tertiary alicyclic amines) is 1. The molecule has 0 radical (unpaired) electrons. The average Bonchev–Trinajstić information content (AvgIpc) is 3.15. The molecule has 2 N–H and O–H groups in total. The topological polar surface area (TPSA) is 96.3 Å². The first-order chi connectivity index (χ1) is 16.2. The molecule has 3 aromatic rings. The van der Waals surface area contributed by atoms with E-state index in [4.69, 9.17) is 0 Å². The number of nitrogens with one attached hydrogen (secondary N) is 2. The summed E-state index contributed by atoms with van der Waals surface area (Å²) >= 11 is 0. The molecule has 2 aromatic carbocycles. The number of carbonyl (C=O) groups excluding carboxylic acids is 1. The number of para-hydroxylation sites is 1. The molecule has 180 valence electrons. The van der Waals surface area contributed by atoms with Crippen LogP contribution >= 0.6 is 0 Å². The fourth-order valence-electron chi connectivity index (χ4n) is 3.89. The zero-order valence-corrected chi connectivity index (χ0v) is 19.4. The van der Waals surface area contributed by atoms with Crippen molar-refractivity contribution in [3.63, 3.8) is 0 Å². The Morgan fingerprint density at radius 3 is 2.44 bits per heavy atom. The summed E-state index contributed by atoms with van der Waals surface area (Å²) in [6.45, 7) is 2.91. The van der Waals surface area contributed by atoms with Crippen LogP contribution in [0.25, 0.3) is 5.69 Å². The summed E-state index contributed by atoms with van der Waals surface area (Å²) in [6.07, 6.45) is 1.06. The van der Waals surface area contributed by atoms with Gasteiger partial charge in [0.25, 0.3) is 0 Å². The van der Waals surface area contributed by atoms with E-state index in [0.29, 0.717) is 37.4 Å². The third-order valence-corrected chi connectivity index (χ3v) is 7.12. The zero-order chi connectivity index (χ0) is 24.3. The van der Waals surface area contributed by atoms with Crippen molar-refractivity contribution in [1.82, 2.24) is 19.4 Å². The van der Waals surface area contributed by atoms with Gasteiger partial charge in [-0.3, -0.25) is 9.69 Å². The summed E-state index contributed by atoms with van der Waals surface area (Å²) in [5.74, 6) is -0.860. The van der Waals surface area contributed by atoms with Crippen molar-refractivity contribution in [2.45, 2.75) is 30.7 Å². The van der Waals surface area contributed by atoms with E-state index in [1.54, 1.807) is 31.2 Å². The Hall–Kier alpha value is -3.15. The van der Waals surface area contributed by atoms with E-state index in [-0.39, 0.29) is 29.1 Å². The van der Waals surface area contributed by atoms with Crippen LogP contribution in [0.3, 0.4) is 0 Å². The van der Waals surface area contributed by atoms with E-state index in [2.05, 4.69) is 15.1 Å². The predicted octanol–water partition coefficient (Wildman–Crippen LogP) is 2.84. The first-order valence-electron chi connectivity index (χ1n) is 10.8. The summed E-state index contributed by atoms with van der Waals surface area (Å²) in [6, 6.07) is 12.2. The van der Waals surface area contributed by atoms with E-state index in [9.17, 15) is 22.0 Å². The van der Waals surface area contributed by atoms with Gasteiger partial charge in [0.05, 0.1) is 17.1 Å². The van der Waals surface area contributed by atoms with Crippen LogP contribution in [-0.4, -0.2) is 54.7 Å². The molecule has 0 atom stereocenters. The number of aromatic nitrogens is 2. The molecule has 0 aliphatic carbocycles. The summed E-state index contributed by atoms with van der Waals surface area (Å²) in [4.78, 5) is 14.6. The lowest BCUT2D eigenvalue weighted by Gasteiger charge is -2.31. The minimum atomic E-state index is -3.75. The van der Waals surface area contributed by atoms with Gasteiger partial charge in [-0.05, 0) is 56.2 Å². The van der Waals surface area contributed by atoms with E-state index in [1.165, 1.54) is 22.9 Å². The van der Waals surface area contributed by atoms with Crippen LogP contribution in [-0.2, 0) is 14.8 Å². The highest BCUT2D eigenvalue weighted by Crippen LogP contribution is 2.20. The van der Waals surface area contributed by atoms with Crippen LogP contribution in [0.2, 0.25) is 0 Å². The van der Waals surface area contributed by atoms with Gasteiger partial charge >= 0.3 is 0 Å². The van der Waals surface area contributed by atoms with Crippen LogP contribution in [0.1, 0.15) is 18.5 Å². The van der Waals surface area contributed by atoms with Gasteiger partial charge in [-0.25, -0.2) is 26.6 Å². The normalized spacial score (nSPS) is 15.4. The van der Waals surface area contributed by atoms with E-state index in [0.717, 1.165) is 12.1 Å². The summed E-state index contributed by atoms with van der Waals surface area (Å²) in [5, 5.41) is 7.07. The molecule has 1 fully saturated rings. The fourth-order valence-corrected chi connectivity index (χ4v) is 5.20. The van der Waals surface area contributed by atoms with E-state index >= 15 is 0 Å². The predicted molar refractivity (Wildman–Crippen MR) is 123 cm³/mol. The molecule has 1 aromatic heterocycles. The van der Waals surface area contributed by atoms with Crippen LogP contribution < -0.4 is 10.0 Å². The van der Waals surface area contributed by atoms with Crippen LogP contribution in [0.4, 0.5) is 14.6 Å². The Bertz CT molecular complexity index is 1270. The highest BCUT2D eigenvalue weighted by atomic mass is 32.2. The zero-order valence-electron chi connectivity index (χ0n) is 18.5. The molecule has 0 saturated carbocycles. The van der Waals surface area contributed by atoms with Crippen molar-refractivity contribution >= 4 is 21.7 Å². The van der Waals surface area contributed by atoms with Gasteiger partial charge < -0.3 is 5.32 Å². The minimum absolute atomic E-state index is 0.0115. The molecule has 4 rings (SSSR count). The SMILES string of the molecule is Cc1cc(NC(=O)CN2CCC(NS(=O)(=O)c3ccc(F)cc3)CC2)n(-c2ccccc2F)n1. The highest BCUT2D eigenvalue weighted by molar-refractivity contribution is 7.89. The highest BCUT2D eigenvalue weighted by Gasteiger charge is 2.26. The molecule has 2 heterocycles. The molecular weight excluding hydrogens is 464 g/mol. The van der Waals surface area contributed by atoms with Crippen LogP contribution in [0.5, 0.6) is 0 Å². The molecule has 1 amide bonds. The second-order valence-electron chi connectivity index (χ2n) is 8.21. The van der Waals surface area contributed by atoms with E-state index < -0.39 is 21.7 Å². The number of amides is 1. The molecule has 1 aliphatic rings. The van der Waals surface area contributed by atoms with Gasteiger partial charge in [0.2, 0.25) is 15.9 Å². The maximum absolute atomic E-state index is 14.2. The number of halogens is 2. The van der Waals surface area contributed by atoms with Gasteiger partial charge in [0.15, 0.2) is 0 Å². The monoisotopic (exact) mass is 489 g/mol. The second-order valence-corrected chi connectivity index (χ2v) is 9.92. The molecule has 1 aliphatic heterocycles. The summed E-state index contributed by atoms with van der Waals surface area (Å²) < 4.78 is 56.3. The second kappa shape index (κ2) is 10.00. The molecule has 0 spiro atoms. The lowest BCUT2D eigenvalue weighted by atomic mass is 10.1. The number of carbonyl (C=O) groups is 1. The number of piperidine rings is 1. The van der Waals surface area contributed by atoms with Crippen molar-refractivity contribution in [2.75, 3.05) is 25.0 Å². The Labute approximate surface area is 196 Å². The lowest BCUT2D eigenvalue weighted by molar-refractivity contribution is -0.117. The average molecular weight is 490 g/mol. The third kappa shape index (κ3) is 5.66. The quantitative estimate of drug-likeness (QED) is 0.532. The van der Waals surface area contributed by atoms with Crippen molar-refractivity contribution in [1.29, 1.82) is 0 Å². The number of nitrogens with zero attached hydrogens (tertiary/aromatic N) is 3. The number of anilines is 1. The van der Waals surface area contributed by atoms with Crippen molar-refractivity contribution in [3.05, 3.63) is 71.9 Å². The molecular formula is C23H25F2N5O3S. The summed E-state index contributed by atoms with van der Waals surface area (Å²) in [5.41, 5.74) is 0.868. The Morgan fingerprint density at radius 1 is 1.09 bits per heavy atom. The maximum atomic E-state index is 14.2. The van der Waals surface area contributed by atoms with Gasteiger partial charge in [0, 0.05) is 25.2 Å². The number of rotatable bonds is 7. The lowest BCUT2D eigenvalue weighted by Crippen LogP contribution is -2.46. The van der Waals surface area contributed by atoms with Crippen LogP contribution in [0, 0.1) is 18.6 Å². The Kier molecular flexibility index (Phi) is 7.05. The number of aryl methyl sites for hydroxylation is 1. The largest absolute Gasteiger partial charge is 0.309 e. The molecule has 11 heteroatoms. The van der Waals surface area contributed by atoms with Crippen molar-refractivity contribution in [2.24, 2.45) is 0 Å². The molecule has 8 nitrogen and oxygen atoms in total. The maximum Gasteiger partial charge on any atom is 0.240 e. The van der Waals surface area contributed by atoms with Gasteiger partial charge in [-0.2, -0.15) is 5.10 Å². The van der Waals surface area contributed by atoms with Crippen LogP contribution in [0.15, 0.2) is 59.5 Å². The molecule has 34 heavy (non-hydrogen) atoms. The van der Waals surface area contributed by atoms with Gasteiger partial charge in [0.1, 0.15) is 23.1 Å². The van der Waals surface area contributed by atoms with E-state index in [1.807, 2.05) is 4.90 Å².